The summed E-state index contributed by atoms with van der Waals surface area (Å²) in [5.41, 5.74) is -0.592. The van der Waals surface area contributed by atoms with Gasteiger partial charge in [-0.15, -0.1) is 0 Å². The number of nitrogens with one attached hydrogen (secondary N) is 1. The van der Waals surface area contributed by atoms with E-state index < -0.39 is 11.9 Å². The fourth-order valence-corrected chi connectivity index (χ4v) is 1.43. The van der Waals surface area contributed by atoms with Crippen molar-refractivity contribution in [3.8, 4) is 0 Å². The smallest absolute Gasteiger partial charge is 0.313 e. The van der Waals surface area contributed by atoms with Crippen LogP contribution in [-0.2, 0) is 19.8 Å². The van der Waals surface area contributed by atoms with Crippen molar-refractivity contribution in [1.29, 1.82) is 0 Å². The Balaban J connectivity index is 2.65. The lowest BCUT2D eigenvalue weighted by atomic mass is 10.2. The summed E-state index contributed by atoms with van der Waals surface area (Å²) in [4.78, 5) is 0. The van der Waals surface area contributed by atoms with Crippen LogP contribution in [0.2, 0.25) is 0 Å². The van der Waals surface area contributed by atoms with Gasteiger partial charge >= 0.3 is 6.18 Å². The summed E-state index contributed by atoms with van der Waals surface area (Å²) >= 11 is 0. The third-order valence-corrected chi connectivity index (χ3v) is 2.20. The first-order chi connectivity index (χ1) is 7.45. The number of aryl methyl sites for hydroxylation is 1. The molecule has 3 nitrogen and oxygen atoms in total. The molecule has 0 aliphatic carbocycles. The van der Waals surface area contributed by atoms with Crippen molar-refractivity contribution in [2.75, 3.05) is 6.54 Å². The van der Waals surface area contributed by atoms with Gasteiger partial charge in [-0.3, -0.25) is 4.68 Å². The van der Waals surface area contributed by atoms with Gasteiger partial charge in [0.25, 0.3) is 0 Å². The Morgan fingerprint density at radius 1 is 1.44 bits per heavy atom. The van der Waals surface area contributed by atoms with E-state index in [0.29, 0.717) is 0 Å². The predicted octanol–water partition coefficient (Wildman–Crippen LogP) is 2.33. The number of alkyl halides is 3. The maximum Gasteiger partial charge on any atom is 0.435 e. The monoisotopic (exact) mass is 235 g/mol. The van der Waals surface area contributed by atoms with Crippen molar-refractivity contribution < 1.29 is 13.2 Å². The molecule has 0 amide bonds. The van der Waals surface area contributed by atoms with Crippen LogP contribution in [0.1, 0.15) is 31.0 Å². The van der Waals surface area contributed by atoms with Crippen LogP contribution in [0.15, 0.2) is 6.20 Å². The van der Waals surface area contributed by atoms with Gasteiger partial charge in [-0.1, -0.05) is 13.3 Å². The fourth-order valence-electron chi connectivity index (χ4n) is 1.43. The molecule has 1 N–H and O–H groups in total. The maximum absolute atomic E-state index is 12.5. The van der Waals surface area contributed by atoms with Gasteiger partial charge in [0.05, 0.1) is 0 Å². The van der Waals surface area contributed by atoms with E-state index in [1.54, 1.807) is 0 Å². The summed E-state index contributed by atoms with van der Waals surface area (Å²) in [6.07, 6.45) is -0.988. The molecule has 0 spiro atoms. The van der Waals surface area contributed by atoms with Crippen LogP contribution < -0.4 is 5.32 Å². The Hall–Kier alpha value is -1.04. The maximum atomic E-state index is 12.5. The van der Waals surface area contributed by atoms with Gasteiger partial charge in [0.2, 0.25) is 0 Å². The Bertz CT molecular complexity index is 331. The van der Waals surface area contributed by atoms with Crippen LogP contribution in [0.3, 0.4) is 0 Å². The number of hydrogen-bond donors (Lipinski definition) is 1. The topological polar surface area (TPSA) is 29.9 Å². The molecular weight excluding hydrogens is 219 g/mol. The molecule has 0 aliphatic heterocycles. The van der Waals surface area contributed by atoms with Crippen LogP contribution in [0.25, 0.3) is 0 Å². The minimum absolute atomic E-state index is 0.200. The number of nitrogens with zero attached hydrogens (tertiary/aromatic N) is 2. The van der Waals surface area contributed by atoms with E-state index in [0.717, 1.165) is 19.4 Å². The largest absolute Gasteiger partial charge is 0.435 e. The van der Waals surface area contributed by atoms with Crippen LogP contribution in [0, 0.1) is 0 Å². The summed E-state index contributed by atoms with van der Waals surface area (Å²) in [5, 5.41) is 6.41. The van der Waals surface area contributed by atoms with Crippen molar-refractivity contribution in [1.82, 2.24) is 15.1 Å². The van der Waals surface area contributed by atoms with Crippen molar-refractivity contribution in [3.05, 3.63) is 17.5 Å². The molecule has 6 heteroatoms. The minimum atomic E-state index is -4.37. The highest BCUT2D eigenvalue weighted by atomic mass is 19.4. The van der Waals surface area contributed by atoms with Crippen LogP contribution in [0.4, 0.5) is 13.2 Å². The number of unbranched alkanes of at least 4 members (excludes halogenated alkanes) is 1. The molecule has 0 atom stereocenters. The minimum Gasteiger partial charge on any atom is -0.313 e. The van der Waals surface area contributed by atoms with Crippen molar-refractivity contribution in [2.45, 2.75) is 32.5 Å². The Morgan fingerprint density at radius 3 is 2.69 bits per heavy atom. The van der Waals surface area contributed by atoms with Gasteiger partial charge in [0.1, 0.15) is 0 Å². The Labute approximate surface area is 92.6 Å². The summed E-state index contributed by atoms with van der Waals surface area (Å²) in [6.45, 7) is 2.97. The Morgan fingerprint density at radius 2 is 2.12 bits per heavy atom. The number of rotatable bonds is 5. The van der Waals surface area contributed by atoms with Gasteiger partial charge in [0, 0.05) is 25.4 Å². The van der Waals surface area contributed by atoms with Crippen LogP contribution in [-0.4, -0.2) is 16.3 Å². The van der Waals surface area contributed by atoms with Crippen LogP contribution in [0.5, 0.6) is 0 Å². The third-order valence-electron chi connectivity index (χ3n) is 2.20. The average Bonchev–Trinajstić information content (AvgIpc) is 2.54. The van der Waals surface area contributed by atoms with Crippen molar-refractivity contribution >= 4 is 0 Å². The number of hydrogen-bond acceptors (Lipinski definition) is 2. The van der Waals surface area contributed by atoms with Crippen molar-refractivity contribution in [2.24, 2.45) is 7.05 Å². The molecule has 1 heterocycles. The van der Waals surface area contributed by atoms with Gasteiger partial charge in [-0.2, -0.15) is 18.3 Å². The first-order valence-electron chi connectivity index (χ1n) is 5.25. The molecule has 0 fully saturated rings. The summed E-state index contributed by atoms with van der Waals surface area (Å²) < 4.78 is 38.8. The molecule has 1 aromatic heterocycles. The summed E-state index contributed by atoms with van der Waals surface area (Å²) in [6, 6.07) is 0. The standard InChI is InChI=1S/C10H16F3N3/c1-3-4-5-14-6-8-7-16(2)15-9(8)10(11,12)13/h7,14H,3-6H2,1-2H3. The zero-order chi connectivity index (χ0) is 12.2. The zero-order valence-electron chi connectivity index (χ0n) is 9.43. The molecular formula is C10H16F3N3. The van der Waals surface area contributed by atoms with E-state index in [4.69, 9.17) is 0 Å². The zero-order valence-corrected chi connectivity index (χ0v) is 9.43. The highest BCUT2D eigenvalue weighted by molar-refractivity contribution is 5.19. The lowest BCUT2D eigenvalue weighted by Gasteiger charge is -2.06. The van der Waals surface area contributed by atoms with Gasteiger partial charge < -0.3 is 5.32 Å². The van der Waals surface area contributed by atoms with E-state index in [2.05, 4.69) is 10.4 Å². The van der Waals surface area contributed by atoms with E-state index >= 15 is 0 Å². The Kier molecular flexibility index (Phi) is 4.35. The highest BCUT2D eigenvalue weighted by Crippen LogP contribution is 2.30. The first kappa shape index (κ1) is 13.0. The lowest BCUT2D eigenvalue weighted by Crippen LogP contribution is -2.17. The second-order valence-electron chi connectivity index (χ2n) is 3.70. The molecule has 0 aliphatic rings. The summed E-state index contributed by atoms with van der Waals surface area (Å²) in [5.74, 6) is 0. The lowest BCUT2D eigenvalue weighted by molar-refractivity contribution is -0.142. The van der Waals surface area contributed by atoms with Crippen LogP contribution >= 0.6 is 0 Å². The molecule has 0 saturated heterocycles. The highest BCUT2D eigenvalue weighted by Gasteiger charge is 2.36. The molecule has 0 saturated carbocycles. The molecule has 1 rings (SSSR count). The average molecular weight is 235 g/mol. The quantitative estimate of drug-likeness (QED) is 0.794. The predicted molar refractivity (Wildman–Crippen MR) is 54.8 cm³/mol. The molecule has 1 aromatic rings. The second kappa shape index (κ2) is 5.34. The SMILES string of the molecule is CCCCNCc1cn(C)nc1C(F)(F)F. The van der Waals surface area contributed by atoms with Crippen molar-refractivity contribution in [3.63, 3.8) is 0 Å². The molecule has 0 bridgehead atoms. The van der Waals surface area contributed by atoms with E-state index in [9.17, 15) is 13.2 Å². The van der Waals surface area contributed by atoms with Gasteiger partial charge in [-0.05, 0) is 13.0 Å². The van der Waals surface area contributed by atoms with Gasteiger partial charge in [-0.25, -0.2) is 0 Å². The van der Waals surface area contributed by atoms with E-state index in [1.165, 1.54) is 17.9 Å². The van der Waals surface area contributed by atoms with Gasteiger partial charge in [0.15, 0.2) is 5.69 Å². The molecule has 0 aromatic carbocycles. The molecule has 16 heavy (non-hydrogen) atoms. The van der Waals surface area contributed by atoms with E-state index in [1.807, 2.05) is 6.92 Å². The first-order valence-corrected chi connectivity index (χ1v) is 5.25. The normalized spacial score (nSPS) is 12.1. The second-order valence-corrected chi connectivity index (χ2v) is 3.70. The molecule has 0 radical (unpaired) electrons. The van der Waals surface area contributed by atoms with E-state index in [-0.39, 0.29) is 12.1 Å². The third kappa shape index (κ3) is 3.52. The summed E-state index contributed by atoms with van der Waals surface area (Å²) in [7, 11) is 1.49. The number of aromatic nitrogens is 2. The fraction of sp³-hybridized carbons (Fsp3) is 0.700. The number of halogens is 3. The molecule has 0 unspecified atom stereocenters. The molecule has 92 valence electrons.